The molecular weight excluding hydrogens is 244 g/mol. The molecular formula is C18H30N2. The third-order valence-electron chi connectivity index (χ3n) is 4.92. The Labute approximate surface area is 124 Å². The van der Waals surface area contributed by atoms with Gasteiger partial charge in [-0.2, -0.15) is 0 Å². The maximum absolute atomic E-state index is 6.30. The van der Waals surface area contributed by atoms with Gasteiger partial charge in [-0.15, -0.1) is 0 Å². The Balaban J connectivity index is 2.13. The highest BCUT2D eigenvalue weighted by atomic mass is 15.2. The maximum Gasteiger partial charge on any atom is 0.0496 e. The van der Waals surface area contributed by atoms with Crippen molar-refractivity contribution in [2.45, 2.75) is 64.6 Å². The van der Waals surface area contributed by atoms with Crippen LogP contribution in [0.1, 0.15) is 56.7 Å². The lowest BCUT2D eigenvalue weighted by molar-refractivity contribution is 0.111. The molecule has 1 aromatic carbocycles. The third-order valence-corrected chi connectivity index (χ3v) is 4.92. The lowest BCUT2D eigenvalue weighted by atomic mass is 9.85. The molecule has 0 radical (unpaired) electrons. The summed E-state index contributed by atoms with van der Waals surface area (Å²) in [5.74, 6) is 0.896. The molecule has 2 unspecified atom stereocenters. The van der Waals surface area contributed by atoms with Gasteiger partial charge in [-0.1, -0.05) is 36.8 Å². The first-order chi connectivity index (χ1) is 9.49. The fraction of sp³-hybridized carbons (Fsp3) is 0.667. The first kappa shape index (κ1) is 15.5. The third kappa shape index (κ3) is 3.62. The van der Waals surface area contributed by atoms with Gasteiger partial charge in [0.05, 0.1) is 0 Å². The van der Waals surface area contributed by atoms with Crippen LogP contribution in [0.3, 0.4) is 0 Å². The fourth-order valence-corrected chi connectivity index (χ4v) is 3.55. The van der Waals surface area contributed by atoms with E-state index in [2.05, 4.69) is 57.0 Å². The molecule has 0 heterocycles. The molecule has 2 atom stereocenters. The molecule has 1 aliphatic rings. The van der Waals surface area contributed by atoms with Crippen LogP contribution < -0.4 is 5.73 Å². The molecule has 1 saturated carbocycles. The number of rotatable bonds is 4. The Morgan fingerprint density at radius 2 is 1.65 bits per heavy atom. The van der Waals surface area contributed by atoms with E-state index in [-0.39, 0.29) is 6.04 Å². The summed E-state index contributed by atoms with van der Waals surface area (Å²) >= 11 is 0. The molecule has 0 saturated heterocycles. The van der Waals surface area contributed by atoms with E-state index < -0.39 is 0 Å². The average molecular weight is 274 g/mol. The van der Waals surface area contributed by atoms with Crippen molar-refractivity contribution in [2.24, 2.45) is 11.7 Å². The summed E-state index contributed by atoms with van der Waals surface area (Å²) in [6.45, 7) is 6.64. The van der Waals surface area contributed by atoms with Crippen LogP contribution in [0.2, 0.25) is 0 Å². The maximum atomic E-state index is 6.30. The van der Waals surface area contributed by atoms with Gasteiger partial charge >= 0.3 is 0 Å². The molecule has 1 aromatic rings. The minimum absolute atomic E-state index is 0.155. The second kappa shape index (κ2) is 6.73. The number of nitrogens with two attached hydrogens (primary N) is 1. The predicted octanol–water partition coefficient (Wildman–Crippen LogP) is 3.89. The van der Waals surface area contributed by atoms with E-state index in [9.17, 15) is 0 Å². The van der Waals surface area contributed by atoms with E-state index >= 15 is 0 Å². The molecule has 2 heteroatoms. The van der Waals surface area contributed by atoms with Crippen LogP contribution in [-0.2, 0) is 0 Å². The smallest absolute Gasteiger partial charge is 0.0496 e. The number of likely N-dealkylation sites (N-methyl/N-ethyl adjacent to an activating group) is 1. The summed E-state index contributed by atoms with van der Waals surface area (Å²) in [7, 11) is 2.26. The SMILES string of the molecule is Cc1ccc(C(C(C)N)N(C)C2CCC(C)CC2)cc1. The summed E-state index contributed by atoms with van der Waals surface area (Å²) in [5, 5.41) is 0. The van der Waals surface area contributed by atoms with Crippen molar-refractivity contribution in [1.82, 2.24) is 4.90 Å². The van der Waals surface area contributed by atoms with Gasteiger partial charge in [0.2, 0.25) is 0 Å². The Morgan fingerprint density at radius 1 is 1.10 bits per heavy atom. The summed E-state index contributed by atoms with van der Waals surface area (Å²) in [4.78, 5) is 2.53. The van der Waals surface area contributed by atoms with Crippen LogP contribution in [0.25, 0.3) is 0 Å². The van der Waals surface area contributed by atoms with Crippen molar-refractivity contribution in [2.75, 3.05) is 7.05 Å². The lowest BCUT2D eigenvalue weighted by Gasteiger charge is -2.40. The average Bonchev–Trinajstić information content (AvgIpc) is 2.41. The van der Waals surface area contributed by atoms with Crippen molar-refractivity contribution in [3.63, 3.8) is 0 Å². The number of benzene rings is 1. The summed E-state index contributed by atoms with van der Waals surface area (Å²) in [6, 6.07) is 10.0. The predicted molar refractivity (Wildman–Crippen MR) is 86.8 cm³/mol. The molecule has 0 aliphatic heterocycles. The van der Waals surface area contributed by atoms with Gasteiger partial charge in [0, 0.05) is 18.1 Å². The summed E-state index contributed by atoms with van der Waals surface area (Å²) in [5.41, 5.74) is 8.96. The molecule has 0 bridgehead atoms. The van der Waals surface area contributed by atoms with Crippen LogP contribution in [0, 0.1) is 12.8 Å². The van der Waals surface area contributed by atoms with E-state index in [1.54, 1.807) is 0 Å². The second-order valence-corrected chi connectivity index (χ2v) is 6.79. The first-order valence-electron chi connectivity index (χ1n) is 8.03. The van der Waals surface area contributed by atoms with Crippen molar-refractivity contribution in [3.8, 4) is 0 Å². The van der Waals surface area contributed by atoms with E-state index in [4.69, 9.17) is 5.73 Å². The van der Waals surface area contributed by atoms with Crippen molar-refractivity contribution in [1.29, 1.82) is 0 Å². The minimum atomic E-state index is 0.155. The van der Waals surface area contributed by atoms with Crippen LogP contribution in [-0.4, -0.2) is 24.0 Å². The molecule has 2 nitrogen and oxygen atoms in total. The first-order valence-corrected chi connectivity index (χ1v) is 8.03. The molecule has 0 aromatic heterocycles. The van der Waals surface area contributed by atoms with Crippen LogP contribution in [0.15, 0.2) is 24.3 Å². The van der Waals surface area contributed by atoms with Gasteiger partial charge in [0.1, 0.15) is 0 Å². The Bertz CT molecular complexity index is 402. The monoisotopic (exact) mass is 274 g/mol. The molecule has 112 valence electrons. The van der Waals surface area contributed by atoms with E-state index in [1.807, 2.05) is 0 Å². The summed E-state index contributed by atoms with van der Waals surface area (Å²) in [6.07, 6.45) is 5.34. The van der Waals surface area contributed by atoms with Crippen molar-refractivity contribution in [3.05, 3.63) is 35.4 Å². The highest BCUT2D eigenvalue weighted by molar-refractivity contribution is 5.25. The van der Waals surface area contributed by atoms with Crippen molar-refractivity contribution >= 4 is 0 Å². The lowest BCUT2D eigenvalue weighted by Crippen LogP contribution is -2.44. The number of aryl methyl sites for hydroxylation is 1. The van der Waals surface area contributed by atoms with E-state index in [0.717, 1.165) is 5.92 Å². The second-order valence-electron chi connectivity index (χ2n) is 6.79. The fourth-order valence-electron chi connectivity index (χ4n) is 3.55. The zero-order chi connectivity index (χ0) is 14.7. The molecule has 1 fully saturated rings. The van der Waals surface area contributed by atoms with Crippen molar-refractivity contribution < 1.29 is 0 Å². The van der Waals surface area contributed by atoms with Gasteiger partial charge < -0.3 is 5.73 Å². The molecule has 0 amide bonds. The minimum Gasteiger partial charge on any atom is -0.326 e. The number of hydrogen-bond acceptors (Lipinski definition) is 2. The Hall–Kier alpha value is -0.860. The molecule has 2 N–H and O–H groups in total. The summed E-state index contributed by atoms with van der Waals surface area (Å²) < 4.78 is 0. The van der Waals surface area contributed by atoms with Gasteiger partial charge in [0.25, 0.3) is 0 Å². The van der Waals surface area contributed by atoms with Gasteiger partial charge in [-0.05, 0) is 58.1 Å². The van der Waals surface area contributed by atoms with Crippen LogP contribution in [0.4, 0.5) is 0 Å². The van der Waals surface area contributed by atoms with Gasteiger partial charge in [0.15, 0.2) is 0 Å². The molecule has 1 aliphatic carbocycles. The Kier molecular flexibility index (Phi) is 5.22. The molecule has 2 rings (SSSR count). The normalized spacial score (nSPS) is 26.5. The standard InChI is InChI=1S/C18H30N2/c1-13-5-9-16(10-6-13)18(15(3)19)20(4)17-11-7-14(2)8-12-17/h5-6,9-10,14-15,17-18H,7-8,11-12,19H2,1-4H3. The van der Waals surface area contributed by atoms with E-state index in [0.29, 0.717) is 12.1 Å². The quantitative estimate of drug-likeness (QED) is 0.902. The van der Waals surface area contributed by atoms with Crippen LogP contribution in [0.5, 0.6) is 0 Å². The van der Waals surface area contributed by atoms with Gasteiger partial charge in [-0.25, -0.2) is 0 Å². The van der Waals surface area contributed by atoms with Crippen LogP contribution >= 0.6 is 0 Å². The zero-order valence-electron chi connectivity index (χ0n) is 13.5. The Morgan fingerprint density at radius 3 is 2.15 bits per heavy atom. The number of nitrogens with zero attached hydrogens (tertiary/aromatic N) is 1. The highest BCUT2D eigenvalue weighted by Gasteiger charge is 2.29. The molecule has 0 spiro atoms. The van der Waals surface area contributed by atoms with Gasteiger partial charge in [-0.3, -0.25) is 4.90 Å². The zero-order valence-corrected chi connectivity index (χ0v) is 13.5. The van der Waals surface area contributed by atoms with E-state index in [1.165, 1.54) is 36.8 Å². The molecule has 20 heavy (non-hydrogen) atoms. The number of hydrogen-bond donors (Lipinski definition) is 1. The topological polar surface area (TPSA) is 29.3 Å². The largest absolute Gasteiger partial charge is 0.326 e. The highest BCUT2D eigenvalue weighted by Crippen LogP contribution is 2.32.